The van der Waals surface area contributed by atoms with Gasteiger partial charge >= 0.3 is 0 Å². The van der Waals surface area contributed by atoms with Crippen LogP contribution in [0.1, 0.15) is 0 Å². The van der Waals surface area contributed by atoms with Gasteiger partial charge in [-0.1, -0.05) is 72.8 Å². The molecule has 0 aromatic heterocycles. The predicted octanol–water partition coefficient (Wildman–Crippen LogP) is 4.82. The van der Waals surface area contributed by atoms with Gasteiger partial charge in [0.25, 0.3) is 0 Å². The van der Waals surface area contributed by atoms with Gasteiger partial charge in [0.15, 0.2) is 0 Å². The largest absolute Gasteiger partial charge is 0.0622 e. The monoisotopic (exact) mass is 229 g/mol. The number of rotatable bonds is 2. The molecular formula is C18H13. The maximum absolute atomic E-state index is 3.35. The van der Waals surface area contributed by atoms with Gasteiger partial charge in [-0.15, -0.1) is 0 Å². The lowest BCUT2D eigenvalue weighted by Gasteiger charge is -2.04. The van der Waals surface area contributed by atoms with E-state index in [0.717, 1.165) is 5.56 Å². The third kappa shape index (κ3) is 2.18. The van der Waals surface area contributed by atoms with E-state index in [4.69, 9.17) is 0 Å². The van der Waals surface area contributed by atoms with Crippen molar-refractivity contribution in [3.05, 3.63) is 84.9 Å². The molecule has 0 saturated heterocycles. The average Bonchev–Trinajstić information content (AvgIpc) is 2.49. The van der Waals surface area contributed by atoms with E-state index < -0.39 is 0 Å². The van der Waals surface area contributed by atoms with Crippen molar-refractivity contribution in [2.75, 3.05) is 0 Å². The van der Waals surface area contributed by atoms with E-state index in [9.17, 15) is 0 Å². The van der Waals surface area contributed by atoms with E-state index >= 15 is 0 Å². The summed E-state index contributed by atoms with van der Waals surface area (Å²) in [6, 6.07) is 30.4. The second kappa shape index (κ2) is 4.89. The van der Waals surface area contributed by atoms with Gasteiger partial charge in [-0.25, -0.2) is 0 Å². The van der Waals surface area contributed by atoms with Crippen LogP contribution in [0.4, 0.5) is 0 Å². The summed E-state index contributed by atoms with van der Waals surface area (Å²) < 4.78 is 0. The number of benzene rings is 3. The SMILES string of the molecule is [c]1cc(-c2ccccc2)ccc1-c1ccccc1. The first-order valence-corrected chi connectivity index (χ1v) is 6.06. The lowest BCUT2D eigenvalue weighted by molar-refractivity contribution is 1.58. The van der Waals surface area contributed by atoms with Gasteiger partial charge in [0.2, 0.25) is 0 Å². The summed E-state index contributed by atoms with van der Waals surface area (Å²) in [4.78, 5) is 0. The standard InChI is InChI=1S/C18H13/c1-3-7-15(8-4-1)17-11-13-18(14-12-17)16-9-5-2-6-10-16/h1-13H. The first-order chi connectivity index (χ1) is 8.93. The smallest absolute Gasteiger partial charge is 0.00928 e. The molecule has 85 valence electrons. The Morgan fingerprint density at radius 2 is 1.11 bits per heavy atom. The molecule has 0 amide bonds. The summed E-state index contributed by atoms with van der Waals surface area (Å²) in [6.07, 6.45) is 0. The van der Waals surface area contributed by atoms with Crippen LogP contribution in [0.3, 0.4) is 0 Å². The summed E-state index contributed by atoms with van der Waals surface area (Å²) >= 11 is 0. The molecule has 3 rings (SSSR count). The highest BCUT2D eigenvalue weighted by Crippen LogP contribution is 2.23. The molecule has 0 bridgehead atoms. The molecule has 0 heteroatoms. The van der Waals surface area contributed by atoms with Crippen LogP contribution >= 0.6 is 0 Å². The highest BCUT2D eigenvalue weighted by molar-refractivity contribution is 5.69. The Morgan fingerprint density at radius 1 is 0.500 bits per heavy atom. The molecule has 0 spiro atoms. The molecule has 0 atom stereocenters. The Labute approximate surface area is 108 Å². The van der Waals surface area contributed by atoms with Crippen LogP contribution in [0.2, 0.25) is 0 Å². The lowest BCUT2D eigenvalue weighted by Crippen LogP contribution is -1.80. The fourth-order valence-electron chi connectivity index (χ4n) is 2.03. The number of hydrogen-bond donors (Lipinski definition) is 0. The molecule has 0 aliphatic carbocycles. The second-order valence-electron chi connectivity index (χ2n) is 4.22. The van der Waals surface area contributed by atoms with Crippen LogP contribution in [0, 0.1) is 6.07 Å². The molecule has 0 heterocycles. The molecule has 0 nitrogen and oxygen atoms in total. The fraction of sp³-hybridized carbons (Fsp3) is 0. The molecule has 1 radical (unpaired) electrons. The zero-order valence-electron chi connectivity index (χ0n) is 10.0. The first kappa shape index (κ1) is 10.8. The summed E-state index contributed by atoms with van der Waals surface area (Å²) in [5.41, 5.74) is 4.77. The summed E-state index contributed by atoms with van der Waals surface area (Å²) in [5, 5.41) is 0. The Hall–Kier alpha value is -2.34. The van der Waals surface area contributed by atoms with E-state index in [2.05, 4.69) is 60.7 Å². The highest BCUT2D eigenvalue weighted by Gasteiger charge is 1.99. The predicted molar refractivity (Wildman–Crippen MR) is 76.2 cm³/mol. The lowest BCUT2D eigenvalue weighted by atomic mass is 10.0. The summed E-state index contributed by atoms with van der Waals surface area (Å²) in [6.45, 7) is 0. The van der Waals surface area contributed by atoms with Gasteiger partial charge in [0.1, 0.15) is 0 Å². The minimum atomic E-state index is 1.13. The van der Waals surface area contributed by atoms with Crippen molar-refractivity contribution >= 4 is 0 Å². The minimum absolute atomic E-state index is 1.13. The molecule has 3 aromatic carbocycles. The summed E-state index contributed by atoms with van der Waals surface area (Å²) in [5.74, 6) is 0. The van der Waals surface area contributed by atoms with Crippen molar-refractivity contribution in [2.24, 2.45) is 0 Å². The molecular weight excluding hydrogens is 216 g/mol. The summed E-state index contributed by atoms with van der Waals surface area (Å²) in [7, 11) is 0. The molecule has 0 saturated carbocycles. The maximum Gasteiger partial charge on any atom is -0.00928 e. The van der Waals surface area contributed by atoms with Crippen LogP contribution in [-0.4, -0.2) is 0 Å². The van der Waals surface area contributed by atoms with E-state index in [1.54, 1.807) is 0 Å². The second-order valence-corrected chi connectivity index (χ2v) is 4.22. The quantitative estimate of drug-likeness (QED) is 0.591. The van der Waals surface area contributed by atoms with Gasteiger partial charge in [-0.2, -0.15) is 0 Å². The molecule has 0 unspecified atom stereocenters. The third-order valence-corrected chi connectivity index (χ3v) is 3.00. The highest BCUT2D eigenvalue weighted by atomic mass is 14.0. The van der Waals surface area contributed by atoms with Gasteiger partial charge in [0, 0.05) is 0 Å². The van der Waals surface area contributed by atoms with Gasteiger partial charge < -0.3 is 0 Å². The van der Waals surface area contributed by atoms with Crippen molar-refractivity contribution in [2.45, 2.75) is 0 Å². The maximum atomic E-state index is 3.35. The first-order valence-electron chi connectivity index (χ1n) is 6.06. The van der Waals surface area contributed by atoms with Crippen LogP contribution in [0.15, 0.2) is 78.9 Å². The average molecular weight is 229 g/mol. The molecule has 0 N–H and O–H groups in total. The van der Waals surface area contributed by atoms with Gasteiger partial charge in [-0.05, 0) is 34.4 Å². The zero-order valence-corrected chi connectivity index (χ0v) is 10.0. The molecule has 0 aliphatic rings. The van der Waals surface area contributed by atoms with Gasteiger partial charge in [-0.3, -0.25) is 0 Å². The van der Waals surface area contributed by atoms with E-state index in [1.165, 1.54) is 16.7 Å². The molecule has 0 aliphatic heterocycles. The Balaban J connectivity index is 1.95. The van der Waals surface area contributed by atoms with E-state index in [1.807, 2.05) is 24.3 Å². The number of hydrogen-bond acceptors (Lipinski definition) is 0. The van der Waals surface area contributed by atoms with E-state index in [0.29, 0.717) is 0 Å². The third-order valence-electron chi connectivity index (χ3n) is 3.00. The van der Waals surface area contributed by atoms with Crippen LogP contribution in [0.25, 0.3) is 22.3 Å². The van der Waals surface area contributed by atoms with Crippen molar-refractivity contribution < 1.29 is 0 Å². The normalized spacial score (nSPS) is 10.2. The molecule has 18 heavy (non-hydrogen) atoms. The Morgan fingerprint density at radius 3 is 1.67 bits per heavy atom. The molecule has 0 fully saturated rings. The fourth-order valence-corrected chi connectivity index (χ4v) is 2.03. The van der Waals surface area contributed by atoms with Crippen molar-refractivity contribution in [3.63, 3.8) is 0 Å². The van der Waals surface area contributed by atoms with E-state index in [-0.39, 0.29) is 0 Å². The Kier molecular flexibility index (Phi) is 2.93. The van der Waals surface area contributed by atoms with Crippen LogP contribution in [0.5, 0.6) is 0 Å². The Bertz CT molecular complexity index is 549. The van der Waals surface area contributed by atoms with Crippen LogP contribution < -0.4 is 0 Å². The van der Waals surface area contributed by atoms with Crippen molar-refractivity contribution in [1.82, 2.24) is 0 Å². The zero-order chi connectivity index (χ0) is 12.2. The van der Waals surface area contributed by atoms with Crippen molar-refractivity contribution in [1.29, 1.82) is 0 Å². The topological polar surface area (TPSA) is 0 Å². The molecule has 3 aromatic rings. The minimum Gasteiger partial charge on any atom is -0.0622 e. The van der Waals surface area contributed by atoms with Crippen LogP contribution in [-0.2, 0) is 0 Å². The van der Waals surface area contributed by atoms with Crippen molar-refractivity contribution in [3.8, 4) is 22.3 Å². The van der Waals surface area contributed by atoms with Gasteiger partial charge in [0.05, 0.1) is 0 Å².